The third-order valence-corrected chi connectivity index (χ3v) is 4.16. The van der Waals surface area contributed by atoms with E-state index in [0.29, 0.717) is 18.0 Å². The van der Waals surface area contributed by atoms with Crippen molar-refractivity contribution < 1.29 is 14.3 Å². The maximum atomic E-state index is 12.1. The normalized spacial score (nSPS) is 10.7. The third-order valence-electron chi connectivity index (χ3n) is 4.16. The monoisotopic (exact) mass is 366 g/mol. The van der Waals surface area contributed by atoms with E-state index >= 15 is 0 Å². The Morgan fingerprint density at radius 3 is 2.33 bits per heavy atom. The molecule has 0 aliphatic heterocycles. The molecule has 0 fully saturated rings. The van der Waals surface area contributed by atoms with Gasteiger partial charge in [-0.15, -0.1) is 0 Å². The van der Waals surface area contributed by atoms with Crippen LogP contribution in [0.3, 0.4) is 0 Å². The lowest BCUT2D eigenvalue weighted by atomic mass is 10.0. The van der Waals surface area contributed by atoms with Crippen molar-refractivity contribution in [1.29, 1.82) is 0 Å². The fraction of sp³-hybridized carbons (Fsp3) is 0.273. The standard InChI is InChI=1S/C22H26N2O3/c1-5-23-22(26)14-27-20-9-7-19(8-10-20)24-21(25)11-6-18-13-16(3)15(2)12-17(18)4/h6-13H,5,14H2,1-4H3,(H,23,26)(H,24,25)/b11-6+. The van der Waals surface area contributed by atoms with Gasteiger partial charge in [-0.25, -0.2) is 0 Å². The molecule has 0 saturated carbocycles. The van der Waals surface area contributed by atoms with Gasteiger partial charge in [0, 0.05) is 18.3 Å². The summed E-state index contributed by atoms with van der Waals surface area (Å²) in [5.41, 5.74) is 5.26. The second kappa shape index (κ2) is 9.57. The molecule has 2 aromatic carbocycles. The first-order valence-electron chi connectivity index (χ1n) is 8.95. The van der Waals surface area contributed by atoms with Crippen molar-refractivity contribution in [2.45, 2.75) is 27.7 Å². The van der Waals surface area contributed by atoms with E-state index in [1.54, 1.807) is 24.3 Å². The molecule has 2 N–H and O–H groups in total. The van der Waals surface area contributed by atoms with Crippen LogP contribution in [0.15, 0.2) is 42.5 Å². The summed E-state index contributed by atoms with van der Waals surface area (Å²) in [7, 11) is 0. The first-order valence-corrected chi connectivity index (χ1v) is 8.95. The molecular weight excluding hydrogens is 340 g/mol. The van der Waals surface area contributed by atoms with E-state index in [1.165, 1.54) is 17.2 Å². The molecule has 0 aliphatic carbocycles. The van der Waals surface area contributed by atoms with E-state index in [1.807, 2.05) is 19.9 Å². The zero-order chi connectivity index (χ0) is 19.8. The number of aryl methyl sites for hydroxylation is 3. The number of amides is 2. The number of ether oxygens (including phenoxy) is 1. The second-order valence-electron chi connectivity index (χ2n) is 6.38. The smallest absolute Gasteiger partial charge is 0.257 e. The minimum Gasteiger partial charge on any atom is -0.484 e. The van der Waals surface area contributed by atoms with Crippen molar-refractivity contribution >= 4 is 23.6 Å². The molecule has 0 radical (unpaired) electrons. The van der Waals surface area contributed by atoms with Crippen LogP contribution >= 0.6 is 0 Å². The van der Waals surface area contributed by atoms with Gasteiger partial charge in [0.15, 0.2) is 6.61 Å². The third kappa shape index (κ3) is 6.29. The van der Waals surface area contributed by atoms with Crippen LogP contribution in [0.4, 0.5) is 5.69 Å². The summed E-state index contributed by atoms with van der Waals surface area (Å²) in [5.74, 6) is 0.200. The summed E-state index contributed by atoms with van der Waals surface area (Å²) in [6.07, 6.45) is 3.34. The maximum Gasteiger partial charge on any atom is 0.257 e. The molecule has 27 heavy (non-hydrogen) atoms. The van der Waals surface area contributed by atoms with Gasteiger partial charge in [0.25, 0.3) is 5.91 Å². The van der Waals surface area contributed by atoms with Gasteiger partial charge in [-0.2, -0.15) is 0 Å². The van der Waals surface area contributed by atoms with Crippen molar-refractivity contribution in [3.05, 3.63) is 64.7 Å². The van der Waals surface area contributed by atoms with E-state index in [9.17, 15) is 9.59 Å². The van der Waals surface area contributed by atoms with E-state index < -0.39 is 0 Å². The largest absolute Gasteiger partial charge is 0.484 e. The van der Waals surface area contributed by atoms with E-state index in [0.717, 1.165) is 11.1 Å². The minimum atomic E-state index is -0.205. The van der Waals surface area contributed by atoms with E-state index in [4.69, 9.17) is 4.74 Å². The highest BCUT2D eigenvalue weighted by atomic mass is 16.5. The SMILES string of the molecule is CCNC(=O)COc1ccc(NC(=O)/C=C/c2cc(C)c(C)cc2C)cc1. The lowest BCUT2D eigenvalue weighted by molar-refractivity contribution is -0.123. The Kier molecular flexibility index (Phi) is 7.17. The van der Waals surface area contributed by atoms with Crippen LogP contribution in [0.5, 0.6) is 5.75 Å². The van der Waals surface area contributed by atoms with Crippen LogP contribution in [0, 0.1) is 20.8 Å². The Bertz CT molecular complexity index is 839. The number of hydrogen-bond donors (Lipinski definition) is 2. The number of benzene rings is 2. The zero-order valence-corrected chi connectivity index (χ0v) is 16.3. The average Bonchev–Trinajstić information content (AvgIpc) is 2.63. The van der Waals surface area contributed by atoms with Gasteiger partial charge in [0.05, 0.1) is 0 Å². The molecule has 0 bridgehead atoms. The van der Waals surface area contributed by atoms with Crippen molar-refractivity contribution in [2.24, 2.45) is 0 Å². The summed E-state index contributed by atoms with van der Waals surface area (Å²) < 4.78 is 5.38. The number of anilines is 1. The molecule has 0 spiro atoms. The minimum absolute atomic E-state index is 0.0302. The van der Waals surface area contributed by atoms with Crippen molar-refractivity contribution in [2.75, 3.05) is 18.5 Å². The van der Waals surface area contributed by atoms with Gasteiger partial charge in [0.1, 0.15) is 5.75 Å². The quantitative estimate of drug-likeness (QED) is 0.733. The Morgan fingerprint density at radius 1 is 1.00 bits per heavy atom. The molecule has 0 heterocycles. The Morgan fingerprint density at radius 2 is 1.67 bits per heavy atom. The molecule has 0 aliphatic rings. The zero-order valence-electron chi connectivity index (χ0n) is 16.3. The molecule has 0 saturated heterocycles. The van der Waals surface area contributed by atoms with Crippen LogP contribution < -0.4 is 15.4 Å². The number of likely N-dealkylation sites (N-methyl/N-ethyl adjacent to an activating group) is 1. The number of nitrogens with one attached hydrogen (secondary N) is 2. The molecule has 2 rings (SSSR count). The summed E-state index contributed by atoms with van der Waals surface area (Å²) in [4.78, 5) is 23.5. The van der Waals surface area contributed by atoms with Gasteiger partial charge >= 0.3 is 0 Å². The molecule has 5 nitrogen and oxygen atoms in total. The summed E-state index contributed by atoms with van der Waals surface area (Å²) in [6, 6.07) is 11.1. The van der Waals surface area contributed by atoms with Crippen LogP contribution in [-0.2, 0) is 9.59 Å². The average molecular weight is 366 g/mol. The fourth-order valence-corrected chi connectivity index (χ4v) is 2.54. The molecule has 5 heteroatoms. The number of hydrogen-bond acceptors (Lipinski definition) is 3. The lowest BCUT2D eigenvalue weighted by Crippen LogP contribution is -2.28. The fourth-order valence-electron chi connectivity index (χ4n) is 2.54. The van der Waals surface area contributed by atoms with Crippen molar-refractivity contribution in [3.8, 4) is 5.75 Å². The number of rotatable bonds is 7. The molecule has 0 atom stereocenters. The molecule has 142 valence electrons. The summed E-state index contributed by atoms with van der Waals surface area (Å²) >= 11 is 0. The van der Waals surface area contributed by atoms with Gasteiger partial charge in [-0.1, -0.05) is 12.1 Å². The summed E-state index contributed by atoms with van der Waals surface area (Å²) in [6.45, 7) is 8.56. The Hall–Kier alpha value is -3.08. The molecule has 2 amide bonds. The van der Waals surface area contributed by atoms with Gasteiger partial charge < -0.3 is 15.4 Å². The molecule has 2 aromatic rings. The predicted molar refractivity (Wildman–Crippen MR) is 109 cm³/mol. The van der Waals surface area contributed by atoms with E-state index in [2.05, 4.69) is 36.6 Å². The van der Waals surface area contributed by atoms with Crippen LogP contribution in [0.1, 0.15) is 29.2 Å². The van der Waals surface area contributed by atoms with Crippen molar-refractivity contribution in [3.63, 3.8) is 0 Å². The van der Waals surface area contributed by atoms with Crippen LogP contribution in [0.2, 0.25) is 0 Å². The predicted octanol–water partition coefficient (Wildman–Crippen LogP) is 3.78. The lowest BCUT2D eigenvalue weighted by Gasteiger charge is -2.08. The maximum absolute atomic E-state index is 12.1. The Balaban J connectivity index is 1.92. The van der Waals surface area contributed by atoms with E-state index in [-0.39, 0.29) is 18.4 Å². The first kappa shape index (κ1) is 20.2. The molecule has 0 aromatic heterocycles. The Labute approximate surface area is 160 Å². The number of carbonyl (C=O) groups excluding carboxylic acids is 2. The van der Waals surface area contributed by atoms with Gasteiger partial charge in [0.2, 0.25) is 5.91 Å². The summed E-state index contributed by atoms with van der Waals surface area (Å²) in [5, 5.41) is 5.47. The van der Waals surface area contributed by atoms with Crippen LogP contribution in [0.25, 0.3) is 6.08 Å². The highest BCUT2D eigenvalue weighted by molar-refractivity contribution is 6.02. The van der Waals surface area contributed by atoms with Gasteiger partial charge in [-0.3, -0.25) is 9.59 Å². The topological polar surface area (TPSA) is 67.4 Å². The van der Waals surface area contributed by atoms with Crippen LogP contribution in [-0.4, -0.2) is 25.0 Å². The van der Waals surface area contributed by atoms with Gasteiger partial charge in [-0.05, 0) is 80.3 Å². The molecule has 0 unspecified atom stereocenters. The highest BCUT2D eigenvalue weighted by Crippen LogP contribution is 2.18. The van der Waals surface area contributed by atoms with Crippen molar-refractivity contribution in [1.82, 2.24) is 5.32 Å². The highest BCUT2D eigenvalue weighted by Gasteiger charge is 2.03. The second-order valence-corrected chi connectivity index (χ2v) is 6.38. The molecular formula is C22H26N2O3. The number of carbonyl (C=O) groups is 2. The first-order chi connectivity index (χ1) is 12.9.